The average Bonchev–Trinajstić information content (AvgIpc) is 2.80. The fourth-order valence-electron chi connectivity index (χ4n) is 3.58. The number of rotatable bonds is 6. The average molecular weight is 533 g/mol. The first-order valence-electron chi connectivity index (χ1n) is 10.7. The molecule has 2 unspecified atom stereocenters. The summed E-state index contributed by atoms with van der Waals surface area (Å²) in [6.07, 6.45) is 3.27. The summed E-state index contributed by atoms with van der Waals surface area (Å²) in [5, 5.41) is 12.2. The van der Waals surface area contributed by atoms with E-state index in [0.717, 1.165) is 23.7 Å². The van der Waals surface area contributed by atoms with Gasteiger partial charge in [-0.2, -0.15) is 0 Å². The van der Waals surface area contributed by atoms with Crippen LogP contribution in [0.2, 0.25) is 0 Å². The lowest BCUT2D eigenvalue weighted by Gasteiger charge is -2.27. The number of carboxylic acid groups (broad SMARTS) is 1. The zero-order chi connectivity index (χ0) is 24.4. The van der Waals surface area contributed by atoms with E-state index in [-0.39, 0.29) is 34.1 Å². The third-order valence-electron chi connectivity index (χ3n) is 5.46. The summed E-state index contributed by atoms with van der Waals surface area (Å²) in [5.41, 5.74) is 2.13. The van der Waals surface area contributed by atoms with E-state index in [4.69, 9.17) is 4.74 Å². The number of methoxy groups -OCH3 is 1. The molecule has 1 saturated carbocycles. The second-order valence-corrected chi connectivity index (χ2v) is 9.24. The Morgan fingerprint density at radius 2 is 1.76 bits per heavy atom. The Morgan fingerprint density at radius 3 is 2.27 bits per heavy atom. The Bertz CT molecular complexity index is 989. The quantitative estimate of drug-likeness (QED) is 0.242. The van der Waals surface area contributed by atoms with Gasteiger partial charge in [0, 0.05) is 17.5 Å². The van der Waals surface area contributed by atoms with E-state index in [1.165, 1.54) is 5.56 Å². The molecule has 0 radical (unpaired) electrons. The lowest BCUT2D eigenvalue weighted by atomic mass is 9.86. The van der Waals surface area contributed by atoms with Crippen LogP contribution in [0.15, 0.2) is 76.3 Å². The van der Waals surface area contributed by atoms with E-state index in [2.05, 4.69) is 59.5 Å². The second kappa shape index (κ2) is 13.4. The predicted octanol–water partition coefficient (Wildman–Crippen LogP) is 6.00. The smallest absolute Gasteiger partial charge is 0.338 e. The zero-order valence-electron chi connectivity index (χ0n) is 18.9. The van der Waals surface area contributed by atoms with Crippen LogP contribution in [0.4, 0.5) is 0 Å². The molecule has 2 atom stereocenters. The van der Waals surface area contributed by atoms with Crippen LogP contribution in [0, 0.1) is 12.8 Å². The van der Waals surface area contributed by atoms with Crippen molar-refractivity contribution in [2.24, 2.45) is 5.92 Å². The van der Waals surface area contributed by atoms with E-state index in [1.807, 2.05) is 18.2 Å². The SMILES string of the molecule is C=C(/C(C(=O)O)=C(\S)NC(=O)C1CCCC(OC)C1)c1ccc(Br)cc1.Cc1ccccc1. The Morgan fingerprint density at radius 1 is 1.12 bits per heavy atom. The van der Waals surface area contributed by atoms with Crippen LogP contribution in [-0.4, -0.2) is 30.2 Å². The Kier molecular flexibility index (Phi) is 10.9. The van der Waals surface area contributed by atoms with Gasteiger partial charge in [-0.25, -0.2) is 4.79 Å². The zero-order valence-corrected chi connectivity index (χ0v) is 21.4. The number of aryl methyl sites for hydroxylation is 1. The first kappa shape index (κ1) is 26.9. The number of carboxylic acids is 1. The molecule has 0 heterocycles. The third-order valence-corrected chi connectivity index (χ3v) is 6.32. The van der Waals surface area contributed by atoms with Crippen molar-refractivity contribution >= 4 is 46.0 Å². The topological polar surface area (TPSA) is 75.6 Å². The molecule has 0 saturated heterocycles. The first-order valence-corrected chi connectivity index (χ1v) is 11.9. The summed E-state index contributed by atoms with van der Waals surface area (Å²) in [6, 6.07) is 17.4. The van der Waals surface area contributed by atoms with E-state index in [0.29, 0.717) is 12.0 Å². The number of amides is 1. The van der Waals surface area contributed by atoms with Gasteiger partial charge in [-0.05, 0) is 49.5 Å². The number of nitrogens with one attached hydrogen (secondary N) is 1. The number of ether oxygens (including phenoxy) is 1. The van der Waals surface area contributed by atoms with Crippen LogP contribution in [0.1, 0.15) is 36.8 Å². The van der Waals surface area contributed by atoms with Gasteiger partial charge >= 0.3 is 5.97 Å². The van der Waals surface area contributed by atoms with Crippen LogP contribution in [0.3, 0.4) is 0 Å². The van der Waals surface area contributed by atoms with E-state index >= 15 is 0 Å². The number of benzene rings is 2. The molecule has 2 N–H and O–H groups in total. The minimum atomic E-state index is -1.19. The molecule has 33 heavy (non-hydrogen) atoms. The molecular weight excluding hydrogens is 502 g/mol. The number of carbonyl (C=O) groups excluding carboxylic acids is 1. The number of aliphatic carboxylic acids is 1. The monoisotopic (exact) mass is 531 g/mol. The van der Waals surface area contributed by atoms with E-state index in [9.17, 15) is 14.7 Å². The van der Waals surface area contributed by atoms with Crippen molar-refractivity contribution in [2.45, 2.75) is 38.7 Å². The van der Waals surface area contributed by atoms with Crippen molar-refractivity contribution in [1.29, 1.82) is 0 Å². The maximum Gasteiger partial charge on any atom is 0.338 e. The summed E-state index contributed by atoms with van der Waals surface area (Å²) >= 11 is 7.58. The minimum Gasteiger partial charge on any atom is -0.478 e. The molecule has 2 aromatic rings. The van der Waals surface area contributed by atoms with Crippen molar-refractivity contribution in [3.05, 3.63) is 87.4 Å². The van der Waals surface area contributed by atoms with Gasteiger partial charge in [-0.15, -0.1) is 12.6 Å². The van der Waals surface area contributed by atoms with Crippen LogP contribution >= 0.6 is 28.6 Å². The van der Waals surface area contributed by atoms with Crippen LogP contribution in [-0.2, 0) is 14.3 Å². The van der Waals surface area contributed by atoms with Crippen molar-refractivity contribution in [3.8, 4) is 0 Å². The van der Waals surface area contributed by atoms with Gasteiger partial charge in [-0.3, -0.25) is 4.79 Å². The van der Waals surface area contributed by atoms with Gasteiger partial charge in [0.05, 0.1) is 16.7 Å². The molecule has 0 aliphatic heterocycles. The molecule has 2 aromatic carbocycles. The fourth-order valence-corrected chi connectivity index (χ4v) is 4.19. The Balaban J connectivity index is 0.000000468. The number of carbonyl (C=O) groups is 2. The predicted molar refractivity (Wildman–Crippen MR) is 139 cm³/mol. The minimum absolute atomic E-state index is 0.00467. The Labute approximate surface area is 209 Å². The summed E-state index contributed by atoms with van der Waals surface area (Å²) < 4.78 is 6.22. The molecule has 176 valence electrons. The van der Waals surface area contributed by atoms with Crippen molar-refractivity contribution in [2.75, 3.05) is 7.11 Å². The molecule has 1 amide bonds. The van der Waals surface area contributed by atoms with Crippen LogP contribution in [0.25, 0.3) is 5.57 Å². The van der Waals surface area contributed by atoms with Gasteiger partial charge in [0.1, 0.15) is 0 Å². The lowest BCUT2D eigenvalue weighted by molar-refractivity contribution is -0.132. The van der Waals surface area contributed by atoms with Crippen molar-refractivity contribution in [1.82, 2.24) is 5.32 Å². The molecule has 1 aliphatic rings. The molecule has 1 aliphatic carbocycles. The highest BCUT2D eigenvalue weighted by molar-refractivity contribution is 9.10. The molecule has 0 aromatic heterocycles. The lowest BCUT2D eigenvalue weighted by Crippen LogP contribution is -2.35. The largest absolute Gasteiger partial charge is 0.478 e. The molecule has 3 rings (SSSR count). The molecule has 1 fully saturated rings. The first-order chi connectivity index (χ1) is 15.7. The summed E-state index contributed by atoms with van der Waals surface area (Å²) in [4.78, 5) is 24.3. The van der Waals surface area contributed by atoms with Crippen molar-refractivity contribution < 1.29 is 19.4 Å². The van der Waals surface area contributed by atoms with Crippen molar-refractivity contribution in [3.63, 3.8) is 0 Å². The molecule has 0 spiro atoms. The second-order valence-electron chi connectivity index (χ2n) is 7.88. The molecular formula is C26H30BrNO4S. The fraction of sp³-hybridized carbons (Fsp3) is 0.308. The summed E-state index contributed by atoms with van der Waals surface area (Å²) in [6.45, 7) is 5.95. The van der Waals surface area contributed by atoms with Gasteiger partial charge in [0.2, 0.25) is 5.91 Å². The number of halogens is 1. The van der Waals surface area contributed by atoms with E-state index in [1.54, 1.807) is 31.4 Å². The molecule has 5 nitrogen and oxygen atoms in total. The number of hydrogen-bond acceptors (Lipinski definition) is 4. The number of thiol groups is 1. The normalized spacial score (nSPS) is 18.3. The number of hydrogen-bond donors (Lipinski definition) is 3. The van der Waals surface area contributed by atoms with E-state index < -0.39 is 5.97 Å². The van der Waals surface area contributed by atoms with Crippen LogP contribution < -0.4 is 5.32 Å². The van der Waals surface area contributed by atoms with Gasteiger partial charge in [0.15, 0.2) is 0 Å². The maximum absolute atomic E-state index is 12.5. The third kappa shape index (κ3) is 8.50. The molecule has 0 bridgehead atoms. The van der Waals surface area contributed by atoms with Gasteiger partial charge < -0.3 is 15.2 Å². The molecule has 7 heteroatoms. The standard InChI is InChI=1S/C19H22BrNO4S.C7H8/c1-11(12-6-8-14(20)9-7-12)16(19(23)24)18(26)21-17(22)13-4-3-5-15(10-13)25-2;1-7-5-3-2-4-6-7/h6-9,13,15,26H,1,3-5,10H2,2H3,(H,21,22)(H,23,24);2-6H,1H3/b18-16+;. The maximum atomic E-state index is 12.5. The summed E-state index contributed by atoms with van der Waals surface area (Å²) in [7, 11) is 1.64. The highest BCUT2D eigenvalue weighted by Gasteiger charge is 2.28. The highest BCUT2D eigenvalue weighted by Crippen LogP contribution is 2.29. The van der Waals surface area contributed by atoms with Gasteiger partial charge in [0.25, 0.3) is 0 Å². The Hall–Kier alpha value is -2.35. The van der Waals surface area contributed by atoms with Crippen LogP contribution in [0.5, 0.6) is 0 Å². The highest BCUT2D eigenvalue weighted by atomic mass is 79.9. The van der Waals surface area contributed by atoms with Gasteiger partial charge in [-0.1, -0.05) is 77.0 Å². The summed E-state index contributed by atoms with van der Waals surface area (Å²) in [5.74, 6) is -1.65.